The third kappa shape index (κ3) is 17.5. The van der Waals surface area contributed by atoms with E-state index in [4.69, 9.17) is 18.9 Å². The van der Waals surface area contributed by atoms with Gasteiger partial charge in [0.2, 0.25) is 0 Å². The van der Waals surface area contributed by atoms with Gasteiger partial charge in [-0.3, -0.25) is 19.2 Å². The molecule has 9 unspecified atom stereocenters. The smallest absolute Gasteiger partial charge is 0.321 e. The minimum atomic E-state index is -1.49. The van der Waals surface area contributed by atoms with Crippen molar-refractivity contribution in [2.45, 2.75) is 267 Å². The van der Waals surface area contributed by atoms with Crippen molar-refractivity contribution < 1.29 is 38.1 Å². The predicted octanol–water partition coefficient (Wildman–Crippen LogP) is 9.55. The van der Waals surface area contributed by atoms with Crippen LogP contribution in [-0.2, 0) is 38.1 Å². The summed E-state index contributed by atoms with van der Waals surface area (Å²) >= 11 is 0. The molecule has 4 aliphatic heterocycles. The molecule has 9 atom stereocenters. The summed E-state index contributed by atoms with van der Waals surface area (Å²) in [6.45, 7) is 34.9. The van der Waals surface area contributed by atoms with Crippen molar-refractivity contribution in [2.24, 2.45) is 59.2 Å². The highest BCUT2D eigenvalue weighted by Gasteiger charge is 2.47. The van der Waals surface area contributed by atoms with Crippen LogP contribution in [0.2, 0.25) is 0 Å². The Morgan fingerprint density at radius 1 is 0.358 bits per heavy atom. The summed E-state index contributed by atoms with van der Waals surface area (Å²) in [6.07, 6.45) is 6.24. The summed E-state index contributed by atoms with van der Waals surface area (Å²) < 4.78 is 25.5. The number of ether oxygens (including phenoxy) is 4. The molecule has 12 heteroatoms. The molecule has 0 bridgehead atoms. The molecule has 67 heavy (non-hydrogen) atoms. The number of rotatable bonds is 22. The molecule has 4 rings (SSSR count). The average molecular weight is 945 g/mol. The second-order valence-electron chi connectivity index (χ2n) is 24.3. The molecule has 0 aromatic rings. The zero-order valence-electron chi connectivity index (χ0n) is 45.2. The number of nitrogens with one attached hydrogen (secondary N) is 4. The van der Waals surface area contributed by atoms with Gasteiger partial charge in [-0.1, -0.05) is 124 Å². The number of carbonyl (C=O) groups excluding carboxylic acids is 4. The Kier molecular flexibility index (Phi) is 22.9. The summed E-state index contributed by atoms with van der Waals surface area (Å²) in [5, 5.41) is 15.1. The first kappa shape index (κ1) is 57.3. The van der Waals surface area contributed by atoms with Crippen LogP contribution in [0.15, 0.2) is 0 Å². The van der Waals surface area contributed by atoms with Crippen molar-refractivity contribution in [3.63, 3.8) is 0 Å². The van der Waals surface area contributed by atoms with Crippen LogP contribution < -0.4 is 21.3 Å². The molecule has 0 radical (unpaired) electrons. The molecule has 0 spiro atoms. The lowest BCUT2D eigenvalue weighted by Crippen LogP contribution is -2.54. The molecule has 0 aliphatic carbocycles. The van der Waals surface area contributed by atoms with Crippen LogP contribution in [0.5, 0.6) is 0 Å². The Morgan fingerprint density at radius 3 is 0.881 bits per heavy atom. The maximum Gasteiger partial charge on any atom is 0.321 e. The lowest BCUT2D eigenvalue weighted by Gasteiger charge is -2.41. The van der Waals surface area contributed by atoms with E-state index in [1.807, 2.05) is 0 Å². The summed E-state index contributed by atoms with van der Waals surface area (Å²) in [7, 11) is 0. The molecular weight excluding hydrogens is 845 g/mol. The van der Waals surface area contributed by atoms with Crippen LogP contribution in [0.1, 0.15) is 194 Å². The second kappa shape index (κ2) is 26.8. The fourth-order valence-corrected chi connectivity index (χ4v) is 11.0. The van der Waals surface area contributed by atoms with E-state index in [2.05, 4.69) is 132 Å². The van der Waals surface area contributed by atoms with E-state index in [0.717, 1.165) is 12.8 Å². The molecule has 0 aromatic heterocycles. The summed E-state index contributed by atoms with van der Waals surface area (Å²) in [5.74, 6) is -1.96. The van der Waals surface area contributed by atoms with Gasteiger partial charge in [0.15, 0.2) is 5.92 Å². The van der Waals surface area contributed by atoms with E-state index in [1.165, 1.54) is 0 Å². The molecular formula is C55H100N4O8. The molecule has 0 amide bonds. The fourth-order valence-electron chi connectivity index (χ4n) is 11.0. The highest BCUT2D eigenvalue weighted by molar-refractivity contribution is 5.99. The monoisotopic (exact) mass is 945 g/mol. The molecule has 12 nitrogen and oxygen atoms in total. The summed E-state index contributed by atoms with van der Waals surface area (Å²) in [6, 6.07) is 1.46. The molecule has 4 N–H and O–H groups in total. The van der Waals surface area contributed by atoms with E-state index in [0.29, 0.717) is 117 Å². The third-order valence-electron chi connectivity index (χ3n) is 16.0. The van der Waals surface area contributed by atoms with Crippen molar-refractivity contribution in [2.75, 3.05) is 0 Å². The molecule has 0 saturated carbocycles. The SMILES string of the molecule is CC(C)C1CC(OC(=O)CCCCCC(C(=O)OC2CC(C(C)C)NC(C(C)C)C2)C(C(=O)OC2CC(C(C)C)NC(C(C)C)C2)C(=O)OC2CC(C(C)C)NC(C(C)C)C2)CC(C(C)C)N1. The van der Waals surface area contributed by atoms with Crippen molar-refractivity contribution >= 4 is 23.9 Å². The van der Waals surface area contributed by atoms with E-state index < -0.39 is 42.0 Å². The van der Waals surface area contributed by atoms with Crippen LogP contribution in [0, 0.1) is 59.2 Å². The fraction of sp³-hybridized carbons (Fsp3) is 0.927. The zero-order chi connectivity index (χ0) is 49.9. The van der Waals surface area contributed by atoms with Crippen molar-refractivity contribution in [3.05, 3.63) is 0 Å². The van der Waals surface area contributed by atoms with Gasteiger partial charge in [-0.15, -0.1) is 0 Å². The molecule has 4 heterocycles. The van der Waals surface area contributed by atoms with Crippen LogP contribution >= 0.6 is 0 Å². The van der Waals surface area contributed by atoms with Crippen LogP contribution in [0.25, 0.3) is 0 Å². The minimum absolute atomic E-state index is 0.121. The maximum absolute atomic E-state index is 15.0. The minimum Gasteiger partial charge on any atom is -0.462 e. The highest BCUT2D eigenvalue weighted by atomic mass is 16.6. The van der Waals surface area contributed by atoms with Crippen molar-refractivity contribution in [3.8, 4) is 0 Å². The Labute approximate surface area is 408 Å². The summed E-state index contributed by atoms with van der Waals surface area (Å²) in [4.78, 5) is 58.2. The Hall–Kier alpha value is -2.28. The van der Waals surface area contributed by atoms with Gasteiger partial charge in [0.05, 0.1) is 5.92 Å². The van der Waals surface area contributed by atoms with Gasteiger partial charge < -0.3 is 40.2 Å². The predicted molar refractivity (Wildman–Crippen MR) is 268 cm³/mol. The molecule has 4 aliphatic rings. The van der Waals surface area contributed by atoms with E-state index >= 15 is 0 Å². The number of esters is 4. The van der Waals surface area contributed by atoms with Crippen molar-refractivity contribution in [1.82, 2.24) is 21.3 Å². The Morgan fingerprint density at radius 2 is 0.612 bits per heavy atom. The number of hydrogen-bond donors (Lipinski definition) is 4. The van der Waals surface area contributed by atoms with Gasteiger partial charge in [0, 0.05) is 106 Å². The first-order chi connectivity index (χ1) is 31.4. The standard InChI is InChI=1S/C55H100N4O8/c1-30(2)43-22-38(23-44(56-43)31(3)4)64-51(60)21-19-17-18-20-42(53(61)65-39-24-45(32(5)6)57-46(25-39)33(7)8)52(54(62)66-40-26-47(34(9)10)58-48(27-40)35(11)12)55(63)67-41-28-49(36(13)14)59-50(29-41)37(15)16/h30-50,52,56-59H,17-29H2,1-16H3. The average Bonchev–Trinajstić information content (AvgIpc) is 3.24. The molecule has 0 aromatic carbocycles. The lowest BCUT2D eigenvalue weighted by atomic mass is 9.83. The van der Waals surface area contributed by atoms with Gasteiger partial charge in [-0.25, -0.2) is 0 Å². The quantitative estimate of drug-likeness (QED) is 0.0354. The second-order valence-corrected chi connectivity index (χ2v) is 24.3. The largest absolute Gasteiger partial charge is 0.462 e. The van der Waals surface area contributed by atoms with Crippen molar-refractivity contribution in [1.29, 1.82) is 0 Å². The third-order valence-corrected chi connectivity index (χ3v) is 16.0. The summed E-state index contributed by atoms with van der Waals surface area (Å²) in [5.41, 5.74) is 0. The van der Waals surface area contributed by atoms with Crippen LogP contribution in [-0.4, -0.2) is 96.6 Å². The van der Waals surface area contributed by atoms with Gasteiger partial charge in [-0.05, 0) is 60.2 Å². The Balaban J connectivity index is 1.61. The van der Waals surface area contributed by atoms with E-state index in [9.17, 15) is 19.2 Å². The van der Waals surface area contributed by atoms with Gasteiger partial charge in [0.25, 0.3) is 0 Å². The normalized spacial score (nSPS) is 31.8. The first-order valence-corrected chi connectivity index (χ1v) is 27.3. The topological polar surface area (TPSA) is 153 Å². The Bertz CT molecular complexity index is 1420. The number of hydrogen-bond acceptors (Lipinski definition) is 12. The molecule has 4 fully saturated rings. The lowest BCUT2D eigenvalue weighted by molar-refractivity contribution is -0.181. The number of carbonyl (C=O) groups is 4. The molecule has 4 saturated heterocycles. The molecule has 388 valence electrons. The first-order valence-electron chi connectivity index (χ1n) is 27.3. The van der Waals surface area contributed by atoms with E-state index in [-0.39, 0.29) is 67.3 Å². The maximum atomic E-state index is 15.0. The highest BCUT2D eigenvalue weighted by Crippen LogP contribution is 2.34. The zero-order valence-corrected chi connectivity index (χ0v) is 45.2. The van der Waals surface area contributed by atoms with E-state index in [1.54, 1.807) is 0 Å². The number of piperidine rings is 4. The van der Waals surface area contributed by atoms with Crippen LogP contribution in [0.3, 0.4) is 0 Å². The van der Waals surface area contributed by atoms with Crippen LogP contribution in [0.4, 0.5) is 0 Å². The van der Waals surface area contributed by atoms with Gasteiger partial charge >= 0.3 is 23.9 Å². The van der Waals surface area contributed by atoms with Gasteiger partial charge in [-0.2, -0.15) is 0 Å². The number of unbranched alkanes of at least 4 members (excludes halogenated alkanes) is 2. The van der Waals surface area contributed by atoms with Gasteiger partial charge in [0.1, 0.15) is 24.4 Å².